The molecule has 3 fully saturated rings. The second-order valence-corrected chi connectivity index (χ2v) is 13.8. The lowest BCUT2D eigenvalue weighted by atomic mass is 9.97. The van der Waals surface area contributed by atoms with Crippen molar-refractivity contribution in [1.29, 1.82) is 5.26 Å². The Balaban J connectivity index is 1.84. The van der Waals surface area contributed by atoms with Crippen molar-refractivity contribution in [3.63, 3.8) is 0 Å². The molecule has 4 rings (SSSR count). The van der Waals surface area contributed by atoms with E-state index >= 15 is 0 Å². The van der Waals surface area contributed by atoms with Crippen LogP contribution in [0.2, 0.25) is 0 Å². The molecule has 1 atom stereocenters. The maximum absolute atomic E-state index is 13.4. The van der Waals surface area contributed by atoms with E-state index in [0.717, 1.165) is 56.4 Å². The minimum atomic E-state index is -3.18. The van der Waals surface area contributed by atoms with E-state index in [1.807, 2.05) is 0 Å². The van der Waals surface area contributed by atoms with Gasteiger partial charge in [-0.1, -0.05) is 44.2 Å². The van der Waals surface area contributed by atoms with E-state index in [0.29, 0.717) is 39.2 Å². The van der Waals surface area contributed by atoms with Crippen LogP contribution in [0.25, 0.3) is 6.08 Å². The highest BCUT2D eigenvalue weighted by atomic mass is 32.2. The van der Waals surface area contributed by atoms with Crippen molar-refractivity contribution < 1.29 is 13.2 Å². The summed E-state index contributed by atoms with van der Waals surface area (Å²) in [4.78, 5) is 30.9. The van der Waals surface area contributed by atoms with Crippen molar-refractivity contribution in [2.45, 2.75) is 65.5 Å². The van der Waals surface area contributed by atoms with Crippen molar-refractivity contribution in [1.82, 2.24) is 9.47 Å². The van der Waals surface area contributed by atoms with Gasteiger partial charge in [0.25, 0.3) is 11.5 Å². The first kappa shape index (κ1) is 26.9. The molecule has 0 spiro atoms. The molecule has 0 aliphatic carbocycles. The third-order valence-corrected chi connectivity index (χ3v) is 10.4. The van der Waals surface area contributed by atoms with Crippen LogP contribution in [0.15, 0.2) is 9.70 Å². The number of unbranched alkanes of at least 4 members (excludes halogenated alkanes) is 1. The standard InChI is InChI=1S/C25H32N4O4S3/c1-4-5-9-28-22(27-10-6-16(2)7-11-27)19(17(3)20(14-26)23(28)30)13-21-24(31)29(25(34)35-21)18-8-12-36(32,33)15-18/h13,16,18H,4-12,15H2,1-3H3/b21-13-. The quantitative estimate of drug-likeness (QED) is 0.393. The number of carbonyl (C=O) groups excluding carboxylic acids is 1. The second-order valence-electron chi connectivity index (χ2n) is 9.94. The summed E-state index contributed by atoms with van der Waals surface area (Å²) in [6.07, 6.45) is 5.82. The summed E-state index contributed by atoms with van der Waals surface area (Å²) in [7, 11) is -3.18. The zero-order chi connectivity index (χ0) is 26.2. The normalized spacial score (nSPS) is 23.6. The first-order chi connectivity index (χ1) is 17.1. The maximum atomic E-state index is 13.4. The monoisotopic (exact) mass is 548 g/mol. The third kappa shape index (κ3) is 5.13. The average molecular weight is 549 g/mol. The maximum Gasteiger partial charge on any atom is 0.270 e. The topological polar surface area (TPSA) is 103 Å². The van der Waals surface area contributed by atoms with Crippen molar-refractivity contribution >= 4 is 55.9 Å². The van der Waals surface area contributed by atoms with Gasteiger partial charge in [-0.2, -0.15) is 5.26 Å². The van der Waals surface area contributed by atoms with Crippen LogP contribution in [0, 0.1) is 24.2 Å². The molecule has 3 aliphatic heterocycles. The van der Waals surface area contributed by atoms with Gasteiger partial charge in [-0.25, -0.2) is 8.42 Å². The fraction of sp³-hybridized carbons (Fsp3) is 0.600. The Morgan fingerprint density at radius 1 is 1.22 bits per heavy atom. The Bertz CT molecular complexity index is 1320. The molecule has 1 aromatic rings. The lowest BCUT2D eigenvalue weighted by molar-refractivity contribution is -0.123. The molecule has 3 aliphatic rings. The fourth-order valence-corrected chi connectivity index (χ4v) is 8.22. The molecule has 1 amide bonds. The number of carbonyl (C=O) groups is 1. The molecule has 0 aromatic carbocycles. The van der Waals surface area contributed by atoms with Crippen LogP contribution < -0.4 is 10.5 Å². The summed E-state index contributed by atoms with van der Waals surface area (Å²) < 4.78 is 26.1. The Morgan fingerprint density at radius 2 is 1.92 bits per heavy atom. The van der Waals surface area contributed by atoms with E-state index in [1.165, 1.54) is 4.90 Å². The number of sulfone groups is 1. The largest absolute Gasteiger partial charge is 0.357 e. The van der Waals surface area contributed by atoms with Gasteiger partial charge in [0.2, 0.25) is 0 Å². The summed E-state index contributed by atoms with van der Waals surface area (Å²) in [6, 6.07) is 1.64. The summed E-state index contributed by atoms with van der Waals surface area (Å²) in [6.45, 7) is 8.12. The van der Waals surface area contributed by atoms with E-state index in [-0.39, 0.29) is 28.5 Å². The number of pyridine rings is 1. The number of anilines is 1. The predicted molar refractivity (Wildman–Crippen MR) is 148 cm³/mol. The number of piperidine rings is 1. The lowest BCUT2D eigenvalue weighted by Gasteiger charge is -2.35. The Labute approximate surface area is 222 Å². The molecule has 8 nitrogen and oxygen atoms in total. The van der Waals surface area contributed by atoms with Gasteiger partial charge >= 0.3 is 0 Å². The van der Waals surface area contributed by atoms with Crippen molar-refractivity contribution in [2.24, 2.45) is 5.92 Å². The van der Waals surface area contributed by atoms with Crippen molar-refractivity contribution in [2.75, 3.05) is 29.5 Å². The lowest BCUT2D eigenvalue weighted by Crippen LogP contribution is -2.39. The Hall–Kier alpha value is -2.16. The Kier molecular flexibility index (Phi) is 7.98. The number of nitrogens with zero attached hydrogens (tertiary/aromatic N) is 4. The molecule has 11 heteroatoms. The van der Waals surface area contributed by atoms with Gasteiger partial charge in [-0.05, 0) is 50.2 Å². The SMILES string of the molecule is CCCCn1c(N2CCC(C)CC2)c(/C=C2\SC(=S)N(C3CCS(=O)(=O)C3)C2=O)c(C)c(C#N)c1=O. The molecule has 0 N–H and O–H groups in total. The van der Waals surface area contributed by atoms with Crippen molar-refractivity contribution in [3.8, 4) is 6.07 Å². The summed E-state index contributed by atoms with van der Waals surface area (Å²) in [5.41, 5.74) is 1.04. The molecule has 0 bridgehead atoms. The number of amides is 1. The predicted octanol–water partition coefficient (Wildman–Crippen LogP) is 3.45. The molecule has 4 heterocycles. The van der Waals surface area contributed by atoms with Crippen LogP contribution in [0.5, 0.6) is 0 Å². The number of nitriles is 1. The van der Waals surface area contributed by atoms with Gasteiger partial charge in [0, 0.05) is 25.2 Å². The van der Waals surface area contributed by atoms with Gasteiger partial charge in [0.1, 0.15) is 21.8 Å². The molecular formula is C25H32N4O4S3. The number of aromatic nitrogens is 1. The molecule has 0 saturated carbocycles. The zero-order valence-electron chi connectivity index (χ0n) is 20.9. The molecular weight excluding hydrogens is 517 g/mol. The van der Waals surface area contributed by atoms with Crippen LogP contribution in [0.4, 0.5) is 5.82 Å². The van der Waals surface area contributed by atoms with E-state index < -0.39 is 15.9 Å². The fourth-order valence-electron chi connectivity index (χ4n) is 5.13. The number of rotatable bonds is 6. The van der Waals surface area contributed by atoms with Crippen LogP contribution in [0.3, 0.4) is 0 Å². The molecule has 1 unspecified atom stereocenters. The van der Waals surface area contributed by atoms with Crippen LogP contribution in [0.1, 0.15) is 62.6 Å². The molecule has 1 aromatic heterocycles. The third-order valence-electron chi connectivity index (χ3n) is 7.34. The highest BCUT2D eigenvalue weighted by Crippen LogP contribution is 2.39. The smallest absolute Gasteiger partial charge is 0.270 e. The van der Waals surface area contributed by atoms with E-state index in [4.69, 9.17) is 12.2 Å². The number of thioether (sulfide) groups is 1. The highest BCUT2D eigenvalue weighted by molar-refractivity contribution is 8.26. The van der Waals surface area contributed by atoms with E-state index in [2.05, 4.69) is 24.8 Å². The van der Waals surface area contributed by atoms with Gasteiger partial charge in [-0.15, -0.1) is 0 Å². The zero-order valence-corrected chi connectivity index (χ0v) is 23.4. The summed E-state index contributed by atoms with van der Waals surface area (Å²) in [5, 5.41) is 9.84. The van der Waals surface area contributed by atoms with Gasteiger partial charge < -0.3 is 4.90 Å². The van der Waals surface area contributed by atoms with E-state index in [9.17, 15) is 23.3 Å². The van der Waals surface area contributed by atoms with E-state index in [1.54, 1.807) is 17.6 Å². The molecule has 0 radical (unpaired) electrons. The second kappa shape index (κ2) is 10.7. The average Bonchev–Trinajstić information content (AvgIpc) is 3.32. The van der Waals surface area contributed by atoms with Gasteiger partial charge in [0.15, 0.2) is 9.84 Å². The van der Waals surface area contributed by atoms with Crippen LogP contribution in [-0.2, 0) is 21.2 Å². The minimum Gasteiger partial charge on any atom is -0.357 e. The van der Waals surface area contributed by atoms with Crippen molar-refractivity contribution in [3.05, 3.63) is 31.9 Å². The first-order valence-electron chi connectivity index (χ1n) is 12.5. The summed E-state index contributed by atoms with van der Waals surface area (Å²) >= 11 is 6.65. The van der Waals surface area contributed by atoms with Crippen LogP contribution >= 0.6 is 24.0 Å². The highest BCUT2D eigenvalue weighted by Gasteiger charge is 2.42. The van der Waals surface area contributed by atoms with Gasteiger partial charge in [0.05, 0.1) is 22.5 Å². The molecule has 36 heavy (non-hydrogen) atoms. The number of hydrogen-bond acceptors (Lipinski definition) is 8. The Morgan fingerprint density at radius 3 is 2.50 bits per heavy atom. The first-order valence-corrected chi connectivity index (χ1v) is 15.5. The molecule has 194 valence electrons. The van der Waals surface area contributed by atoms with Gasteiger partial charge in [-0.3, -0.25) is 19.1 Å². The minimum absolute atomic E-state index is 0.0539. The molecule has 3 saturated heterocycles. The number of thiocarbonyl (C=S) groups is 1. The summed E-state index contributed by atoms with van der Waals surface area (Å²) in [5.74, 6) is 1.01. The van der Waals surface area contributed by atoms with Crippen LogP contribution in [-0.4, -0.2) is 58.7 Å². The number of hydrogen-bond donors (Lipinski definition) is 0.